The van der Waals surface area contributed by atoms with Gasteiger partial charge in [0.25, 0.3) is 0 Å². The van der Waals surface area contributed by atoms with Crippen LogP contribution in [0.15, 0.2) is 0 Å². The van der Waals surface area contributed by atoms with Crippen molar-refractivity contribution >= 4 is 0 Å². The number of hydrogen-bond donors (Lipinski definition) is 0. The van der Waals surface area contributed by atoms with Gasteiger partial charge in [-0.15, -0.1) is 0 Å². The van der Waals surface area contributed by atoms with Crippen LogP contribution in [-0.2, 0) is 0 Å². The van der Waals surface area contributed by atoms with E-state index in [1.54, 1.807) is 0 Å². The normalized spacial score (nSPS) is 39.7. The summed E-state index contributed by atoms with van der Waals surface area (Å²) in [7, 11) is 0. The molecule has 0 bridgehead atoms. The first-order valence-corrected chi connectivity index (χ1v) is 5.86. The number of hydrogen-bond acceptors (Lipinski definition) is 0. The molecule has 0 aliphatic heterocycles. The summed E-state index contributed by atoms with van der Waals surface area (Å²) < 4.78 is 0. The van der Waals surface area contributed by atoms with Gasteiger partial charge in [-0.2, -0.15) is 0 Å². The Labute approximate surface area is 84.1 Å². The van der Waals surface area contributed by atoms with E-state index in [-0.39, 0.29) is 0 Å². The Morgan fingerprint density at radius 3 is 1.69 bits per heavy atom. The van der Waals surface area contributed by atoms with Crippen LogP contribution in [0.4, 0.5) is 0 Å². The minimum absolute atomic E-state index is 0.639. The minimum Gasteiger partial charge on any atom is -0.0648 e. The first-order chi connectivity index (χ1) is 5.86. The van der Waals surface area contributed by atoms with Crippen LogP contribution in [0.25, 0.3) is 0 Å². The zero-order valence-electron chi connectivity index (χ0n) is 10.3. The lowest BCUT2D eigenvalue weighted by Gasteiger charge is -2.59. The van der Waals surface area contributed by atoms with Crippen molar-refractivity contribution in [1.82, 2.24) is 0 Å². The highest BCUT2D eigenvalue weighted by molar-refractivity contribution is 5.02. The molecule has 1 fully saturated rings. The second kappa shape index (κ2) is 3.29. The van der Waals surface area contributed by atoms with Crippen LogP contribution in [0, 0.1) is 22.7 Å². The molecule has 1 saturated carbocycles. The predicted molar refractivity (Wildman–Crippen MR) is 59.7 cm³/mol. The van der Waals surface area contributed by atoms with Gasteiger partial charge in [0, 0.05) is 0 Å². The molecule has 0 nitrogen and oxygen atoms in total. The lowest BCUT2D eigenvalue weighted by molar-refractivity contribution is -0.0932. The maximum atomic E-state index is 2.47. The molecule has 1 aliphatic rings. The zero-order chi connectivity index (χ0) is 10.3. The van der Waals surface area contributed by atoms with Crippen molar-refractivity contribution in [2.75, 3.05) is 0 Å². The minimum atomic E-state index is 0.639. The maximum Gasteiger partial charge on any atom is -0.0266 e. The SMILES string of the molecule is CCC1(C(C)C)CC(C)(C(C)C)C1. The fourth-order valence-electron chi connectivity index (χ4n) is 3.03. The Hall–Kier alpha value is 0. The first kappa shape index (κ1) is 11.1. The Morgan fingerprint density at radius 2 is 1.46 bits per heavy atom. The first-order valence-electron chi connectivity index (χ1n) is 5.86. The molecule has 0 spiro atoms. The van der Waals surface area contributed by atoms with Crippen molar-refractivity contribution in [3.63, 3.8) is 0 Å². The van der Waals surface area contributed by atoms with Gasteiger partial charge in [0.1, 0.15) is 0 Å². The molecule has 0 amide bonds. The molecule has 1 rings (SSSR count). The fraction of sp³-hybridized carbons (Fsp3) is 1.00. The lowest BCUT2D eigenvalue weighted by Crippen LogP contribution is -2.50. The van der Waals surface area contributed by atoms with Gasteiger partial charge < -0.3 is 0 Å². The summed E-state index contributed by atoms with van der Waals surface area (Å²) >= 11 is 0. The van der Waals surface area contributed by atoms with Crippen molar-refractivity contribution < 1.29 is 0 Å². The van der Waals surface area contributed by atoms with E-state index in [1.165, 1.54) is 19.3 Å². The fourth-order valence-corrected chi connectivity index (χ4v) is 3.03. The van der Waals surface area contributed by atoms with Gasteiger partial charge in [-0.1, -0.05) is 48.0 Å². The van der Waals surface area contributed by atoms with Gasteiger partial charge in [-0.3, -0.25) is 0 Å². The molecule has 78 valence electrons. The van der Waals surface area contributed by atoms with Crippen molar-refractivity contribution in [3.8, 4) is 0 Å². The molecule has 0 unspecified atom stereocenters. The smallest absolute Gasteiger partial charge is 0.0266 e. The molecule has 0 aromatic heterocycles. The molecular weight excluding hydrogens is 156 g/mol. The topological polar surface area (TPSA) is 0 Å². The van der Waals surface area contributed by atoms with Gasteiger partial charge in [0.05, 0.1) is 0 Å². The molecule has 0 saturated heterocycles. The lowest BCUT2D eigenvalue weighted by atomic mass is 9.46. The Morgan fingerprint density at radius 1 is 1.00 bits per heavy atom. The molecule has 0 N–H and O–H groups in total. The molecule has 1 aliphatic carbocycles. The van der Waals surface area contributed by atoms with Crippen molar-refractivity contribution in [1.29, 1.82) is 0 Å². The Bertz CT molecular complexity index is 170. The van der Waals surface area contributed by atoms with Crippen LogP contribution in [0.2, 0.25) is 0 Å². The van der Waals surface area contributed by atoms with E-state index in [0.717, 1.165) is 11.8 Å². The molecule has 0 aromatic carbocycles. The summed E-state index contributed by atoms with van der Waals surface area (Å²) in [6.45, 7) is 14.4. The van der Waals surface area contributed by atoms with Gasteiger partial charge >= 0.3 is 0 Å². The molecule has 0 radical (unpaired) electrons. The van der Waals surface area contributed by atoms with Crippen LogP contribution in [0.5, 0.6) is 0 Å². The zero-order valence-corrected chi connectivity index (χ0v) is 10.3. The van der Waals surface area contributed by atoms with E-state index in [2.05, 4.69) is 41.5 Å². The van der Waals surface area contributed by atoms with Gasteiger partial charge in [-0.05, 0) is 35.5 Å². The molecule has 0 heterocycles. The summed E-state index contributed by atoms with van der Waals surface area (Å²) in [5.41, 5.74) is 1.32. The van der Waals surface area contributed by atoms with Crippen LogP contribution < -0.4 is 0 Å². The molecule has 0 aromatic rings. The average Bonchev–Trinajstić information content (AvgIpc) is 1.97. The third-order valence-electron chi connectivity index (χ3n) is 4.83. The highest BCUT2D eigenvalue weighted by Crippen LogP contribution is 2.62. The number of rotatable bonds is 3. The maximum absolute atomic E-state index is 2.47. The molecule has 0 heteroatoms. The second-order valence-corrected chi connectivity index (χ2v) is 6.03. The van der Waals surface area contributed by atoms with Crippen molar-refractivity contribution in [2.45, 2.75) is 60.8 Å². The highest BCUT2D eigenvalue weighted by atomic mass is 14.6. The van der Waals surface area contributed by atoms with E-state index in [9.17, 15) is 0 Å². The Balaban J connectivity index is 2.63. The van der Waals surface area contributed by atoms with Crippen LogP contribution >= 0.6 is 0 Å². The third kappa shape index (κ3) is 1.65. The molecular formula is C13H26. The Kier molecular flexibility index (Phi) is 2.81. The van der Waals surface area contributed by atoms with Crippen LogP contribution in [-0.4, -0.2) is 0 Å². The van der Waals surface area contributed by atoms with Crippen molar-refractivity contribution in [3.05, 3.63) is 0 Å². The quantitative estimate of drug-likeness (QED) is 0.603. The molecule has 13 heavy (non-hydrogen) atoms. The predicted octanol–water partition coefficient (Wildman–Crippen LogP) is 4.49. The van der Waals surface area contributed by atoms with Crippen LogP contribution in [0.1, 0.15) is 60.8 Å². The van der Waals surface area contributed by atoms with E-state index in [1.807, 2.05) is 0 Å². The largest absolute Gasteiger partial charge is 0.0648 e. The van der Waals surface area contributed by atoms with Gasteiger partial charge in [0.15, 0.2) is 0 Å². The monoisotopic (exact) mass is 182 g/mol. The highest BCUT2D eigenvalue weighted by Gasteiger charge is 2.52. The second-order valence-electron chi connectivity index (χ2n) is 6.03. The summed E-state index contributed by atoms with van der Waals surface area (Å²) in [6, 6.07) is 0. The average molecular weight is 182 g/mol. The van der Waals surface area contributed by atoms with E-state index in [4.69, 9.17) is 0 Å². The summed E-state index contributed by atoms with van der Waals surface area (Å²) in [4.78, 5) is 0. The van der Waals surface area contributed by atoms with Crippen LogP contribution in [0.3, 0.4) is 0 Å². The van der Waals surface area contributed by atoms with E-state index in [0.29, 0.717) is 10.8 Å². The summed E-state index contributed by atoms with van der Waals surface area (Å²) in [5.74, 6) is 1.72. The van der Waals surface area contributed by atoms with E-state index >= 15 is 0 Å². The summed E-state index contributed by atoms with van der Waals surface area (Å²) in [5, 5.41) is 0. The standard InChI is InChI=1S/C13H26/c1-7-13(11(4)5)8-12(6,9-13)10(2)3/h10-11H,7-9H2,1-6H3. The van der Waals surface area contributed by atoms with Gasteiger partial charge in [0.2, 0.25) is 0 Å². The van der Waals surface area contributed by atoms with E-state index < -0.39 is 0 Å². The summed E-state index contributed by atoms with van der Waals surface area (Å²) in [6.07, 6.45) is 4.27. The van der Waals surface area contributed by atoms with Crippen molar-refractivity contribution in [2.24, 2.45) is 22.7 Å². The molecule has 0 atom stereocenters. The van der Waals surface area contributed by atoms with Gasteiger partial charge in [-0.25, -0.2) is 0 Å². The third-order valence-corrected chi connectivity index (χ3v) is 4.83.